The number of rotatable bonds is 9. The van der Waals surface area contributed by atoms with Crippen LogP contribution in [0.25, 0.3) is 0 Å². The maximum Gasteiger partial charge on any atom is 0.349 e. The Morgan fingerprint density at radius 1 is 1.00 bits per heavy atom. The van der Waals surface area contributed by atoms with Crippen LogP contribution in [0, 0.1) is 0 Å². The van der Waals surface area contributed by atoms with Gasteiger partial charge in [-0.15, -0.1) is 0 Å². The second-order valence-corrected chi connectivity index (χ2v) is 4.15. The zero-order valence-electron chi connectivity index (χ0n) is 11.8. The molecule has 0 aromatic heterocycles. The quantitative estimate of drug-likeness (QED) is 0.370. The van der Waals surface area contributed by atoms with Crippen LogP contribution >= 0.6 is 0 Å². The summed E-state index contributed by atoms with van der Waals surface area (Å²) in [5.74, 6) is -3.40. The van der Waals surface area contributed by atoms with Crippen molar-refractivity contribution in [1.82, 2.24) is 0 Å². The molecule has 0 rings (SSSR count). The number of aliphatic hydroxyl groups excluding tert-OH is 3. The first-order chi connectivity index (χ1) is 9.78. The fraction of sp³-hybridized carbons (Fsp3) is 0.750. The van der Waals surface area contributed by atoms with Crippen LogP contribution in [0.5, 0.6) is 0 Å². The lowest BCUT2D eigenvalue weighted by Gasteiger charge is -2.29. The average molecular weight is 308 g/mol. The molecule has 122 valence electrons. The third-order valence-electron chi connectivity index (χ3n) is 2.56. The Labute approximate surface area is 121 Å². The van der Waals surface area contributed by atoms with E-state index in [4.69, 9.17) is 14.9 Å². The van der Waals surface area contributed by atoms with Gasteiger partial charge < -0.3 is 29.9 Å². The third kappa shape index (κ3) is 6.06. The van der Waals surface area contributed by atoms with Gasteiger partial charge in [0.15, 0.2) is 6.10 Å². The van der Waals surface area contributed by atoms with E-state index in [1.54, 1.807) is 0 Å². The Morgan fingerprint density at radius 2 is 1.48 bits per heavy atom. The molecule has 4 atom stereocenters. The maximum atomic E-state index is 11.3. The maximum absolute atomic E-state index is 11.3. The summed E-state index contributed by atoms with van der Waals surface area (Å²) in [4.78, 5) is 33.7. The number of hydrogen-bond donors (Lipinski definition) is 4. The van der Waals surface area contributed by atoms with Gasteiger partial charge in [0.25, 0.3) is 0 Å². The lowest BCUT2D eigenvalue weighted by molar-refractivity contribution is -0.194. The molecule has 0 unspecified atom stereocenters. The highest BCUT2D eigenvalue weighted by atomic mass is 16.6. The van der Waals surface area contributed by atoms with E-state index in [9.17, 15) is 24.6 Å². The second-order valence-electron chi connectivity index (χ2n) is 4.15. The number of esters is 2. The van der Waals surface area contributed by atoms with Crippen LogP contribution in [0.15, 0.2) is 0 Å². The number of carbonyl (C=O) groups excluding carboxylic acids is 2. The van der Waals surface area contributed by atoms with Crippen molar-refractivity contribution in [3.8, 4) is 0 Å². The minimum Gasteiger partial charge on any atom is -0.478 e. The Kier molecular flexibility index (Phi) is 8.51. The summed E-state index contributed by atoms with van der Waals surface area (Å²) in [6.07, 6.45) is -7.78. The smallest absolute Gasteiger partial charge is 0.349 e. The first kappa shape index (κ1) is 19.3. The highest BCUT2D eigenvalue weighted by Crippen LogP contribution is 2.15. The van der Waals surface area contributed by atoms with E-state index in [1.165, 1.54) is 13.8 Å². The highest BCUT2D eigenvalue weighted by Gasteiger charge is 2.42. The van der Waals surface area contributed by atoms with E-state index in [-0.39, 0.29) is 12.8 Å². The molecule has 0 spiro atoms. The molecule has 21 heavy (non-hydrogen) atoms. The lowest BCUT2D eigenvalue weighted by atomic mass is 10.0. The van der Waals surface area contributed by atoms with Gasteiger partial charge in [-0.1, -0.05) is 13.8 Å². The van der Waals surface area contributed by atoms with Crippen molar-refractivity contribution in [3.05, 3.63) is 0 Å². The molecule has 0 radical (unpaired) electrons. The normalized spacial score (nSPS) is 16.4. The number of carboxylic acid groups (broad SMARTS) is 1. The Morgan fingerprint density at radius 3 is 1.86 bits per heavy atom. The predicted molar refractivity (Wildman–Crippen MR) is 67.1 cm³/mol. The summed E-state index contributed by atoms with van der Waals surface area (Å²) >= 11 is 0. The minimum atomic E-state index is -2.00. The number of ether oxygens (including phenoxy) is 2. The Hall–Kier alpha value is -1.71. The molecule has 0 aliphatic rings. The van der Waals surface area contributed by atoms with Crippen LogP contribution in [0.3, 0.4) is 0 Å². The van der Waals surface area contributed by atoms with E-state index in [0.29, 0.717) is 0 Å². The second kappa shape index (κ2) is 9.27. The summed E-state index contributed by atoms with van der Waals surface area (Å²) in [5.41, 5.74) is 0. The summed E-state index contributed by atoms with van der Waals surface area (Å²) in [6.45, 7) is 1.96. The standard InChI is InChI=1S/C12H20O9/c1-3-7(15)20-10(9(17)6(14)5-13)11(12(18)19)21-8(16)4-2/h6,9-11,13-14,17H,3-5H2,1-2H3,(H,18,19)/t6-,9-,10+,11-/m1/s1. The largest absolute Gasteiger partial charge is 0.478 e. The molecule has 0 saturated carbocycles. The Bertz CT molecular complexity index is 368. The van der Waals surface area contributed by atoms with E-state index < -0.39 is 48.9 Å². The van der Waals surface area contributed by atoms with E-state index in [2.05, 4.69) is 4.74 Å². The number of hydrogen-bond acceptors (Lipinski definition) is 8. The number of carbonyl (C=O) groups is 3. The van der Waals surface area contributed by atoms with Gasteiger partial charge >= 0.3 is 17.9 Å². The van der Waals surface area contributed by atoms with Gasteiger partial charge in [0.2, 0.25) is 6.10 Å². The molecule has 9 heteroatoms. The zero-order chi connectivity index (χ0) is 16.6. The Balaban J connectivity index is 5.32. The van der Waals surface area contributed by atoms with Gasteiger partial charge in [-0.05, 0) is 0 Å². The van der Waals surface area contributed by atoms with Crippen LogP contribution in [0.1, 0.15) is 26.7 Å². The van der Waals surface area contributed by atoms with Gasteiger partial charge in [0, 0.05) is 12.8 Å². The van der Waals surface area contributed by atoms with E-state index in [1.807, 2.05) is 0 Å². The predicted octanol–water partition coefficient (Wildman–Crippen LogP) is -1.57. The fourth-order valence-electron chi connectivity index (χ4n) is 1.36. The molecule has 0 heterocycles. The van der Waals surface area contributed by atoms with Crippen molar-refractivity contribution < 1.29 is 44.3 Å². The number of aliphatic hydroxyl groups is 3. The summed E-state index contributed by atoms with van der Waals surface area (Å²) in [7, 11) is 0. The van der Waals surface area contributed by atoms with Crippen molar-refractivity contribution in [2.45, 2.75) is 51.1 Å². The van der Waals surface area contributed by atoms with Crippen molar-refractivity contribution >= 4 is 17.9 Å². The molecule has 0 saturated heterocycles. The number of carboxylic acids is 1. The molecule has 0 aliphatic heterocycles. The first-order valence-corrected chi connectivity index (χ1v) is 6.37. The number of aliphatic carboxylic acids is 1. The summed E-state index contributed by atoms with van der Waals surface area (Å²) in [6, 6.07) is 0. The van der Waals surface area contributed by atoms with Crippen molar-refractivity contribution in [2.24, 2.45) is 0 Å². The third-order valence-corrected chi connectivity index (χ3v) is 2.56. The van der Waals surface area contributed by atoms with Crippen LogP contribution in [0.2, 0.25) is 0 Å². The van der Waals surface area contributed by atoms with Crippen LogP contribution in [-0.4, -0.2) is 69.4 Å². The van der Waals surface area contributed by atoms with Gasteiger partial charge in [-0.25, -0.2) is 4.79 Å². The van der Waals surface area contributed by atoms with Gasteiger partial charge in [0.05, 0.1) is 6.61 Å². The molecule has 0 fully saturated rings. The molecular weight excluding hydrogens is 288 g/mol. The topological polar surface area (TPSA) is 151 Å². The van der Waals surface area contributed by atoms with Gasteiger partial charge in [-0.2, -0.15) is 0 Å². The van der Waals surface area contributed by atoms with Crippen LogP contribution in [-0.2, 0) is 23.9 Å². The SMILES string of the molecule is CCC(=O)O[C@@H]([C@H](O)[C@H](O)CO)[C@@H](OC(=O)CC)C(=O)O. The molecular formula is C12H20O9. The molecule has 0 aliphatic carbocycles. The van der Waals surface area contributed by atoms with Crippen molar-refractivity contribution in [2.75, 3.05) is 6.61 Å². The van der Waals surface area contributed by atoms with Crippen molar-refractivity contribution in [3.63, 3.8) is 0 Å². The van der Waals surface area contributed by atoms with Gasteiger partial charge in [-0.3, -0.25) is 9.59 Å². The molecule has 0 aromatic rings. The monoisotopic (exact) mass is 308 g/mol. The molecule has 0 bridgehead atoms. The summed E-state index contributed by atoms with van der Waals surface area (Å²) in [5, 5.41) is 37.0. The van der Waals surface area contributed by atoms with Crippen molar-refractivity contribution in [1.29, 1.82) is 0 Å². The van der Waals surface area contributed by atoms with E-state index in [0.717, 1.165) is 0 Å². The molecule has 9 nitrogen and oxygen atoms in total. The minimum absolute atomic E-state index is 0.119. The average Bonchev–Trinajstić information content (AvgIpc) is 2.47. The zero-order valence-corrected chi connectivity index (χ0v) is 11.8. The first-order valence-electron chi connectivity index (χ1n) is 6.37. The molecule has 0 amide bonds. The lowest BCUT2D eigenvalue weighted by Crippen LogP contribution is -2.52. The van der Waals surface area contributed by atoms with Crippen LogP contribution in [0.4, 0.5) is 0 Å². The molecule has 4 N–H and O–H groups in total. The van der Waals surface area contributed by atoms with E-state index >= 15 is 0 Å². The van der Waals surface area contributed by atoms with Gasteiger partial charge in [0.1, 0.15) is 12.2 Å². The molecule has 0 aromatic carbocycles. The fourth-order valence-corrected chi connectivity index (χ4v) is 1.36. The highest BCUT2D eigenvalue weighted by molar-refractivity contribution is 5.79. The van der Waals surface area contributed by atoms with Crippen LogP contribution < -0.4 is 0 Å². The summed E-state index contributed by atoms with van der Waals surface area (Å²) < 4.78 is 9.35.